The minimum atomic E-state index is -0.449. The van der Waals surface area contributed by atoms with Gasteiger partial charge in [-0.05, 0) is 37.3 Å². The van der Waals surface area contributed by atoms with E-state index in [0.717, 1.165) is 5.56 Å². The van der Waals surface area contributed by atoms with E-state index in [-0.39, 0.29) is 38.1 Å². The number of halogens is 1. The number of hydrogen-bond acceptors (Lipinski definition) is 4. The first kappa shape index (κ1) is 22.4. The van der Waals surface area contributed by atoms with Gasteiger partial charge in [0, 0.05) is 29.9 Å². The Morgan fingerprint density at radius 1 is 1.07 bits per heavy atom. The monoisotopic (exact) mass is 417 g/mol. The van der Waals surface area contributed by atoms with E-state index in [1.54, 1.807) is 30.3 Å². The fraction of sp³-hybridized carbons (Fsp3) is 0.286. The third-order valence-corrected chi connectivity index (χ3v) is 4.28. The summed E-state index contributed by atoms with van der Waals surface area (Å²) in [7, 11) is 1.51. The molecule has 0 radical (unpaired) electrons. The van der Waals surface area contributed by atoms with Crippen molar-refractivity contribution in [1.29, 1.82) is 0 Å². The molecule has 0 saturated carbocycles. The van der Waals surface area contributed by atoms with E-state index in [9.17, 15) is 14.4 Å². The average Bonchev–Trinajstić information content (AvgIpc) is 2.70. The van der Waals surface area contributed by atoms with Crippen molar-refractivity contribution in [3.63, 3.8) is 0 Å². The Hall–Kier alpha value is -2.90. The number of benzene rings is 2. The lowest BCUT2D eigenvalue weighted by atomic mass is 10.2. The van der Waals surface area contributed by atoms with Crippen molar-refractivity contribution in [2.75, 3.05) is 38.7 Å². The molecule has 0 spiro atoms. The zero-order chi connectivity index (χ0) is 21.2. The second-order valence-electron chi connectivity index (χ2n) is 6.42. The van der Waals surface area contributed by atoms with Crippen LogP contribution >= 0.6 is 11.6 Å². The topological polar surface area (TPSA) is 87.7 Å². The van der Waals surface area contributed by atoms with Gasteiger partial charge in [0.15, 0.2) is 0 Å². The number of aryl methyl sites for hydroxylation is 1. The van der Waals surface area contributed by atoms with Crippen LogP contribution in [0.15, 0.2) is 48.5 Å². The number of methoxy groups -OCH3 is 1. The van der Waals surface area contributed by atoms with Gasteiger partial charge in [0.05, 0.1) is 19.7 Å². The van der Waals surface area contributed by atoms with Crippen molar-refractivity contribution in [3.8, 4) is 0 Å². The molecule has 0 fully saturated rings. The van der Waals surface area contributed by atoms with Crippen molar-refractivity contribution in [2.45, 2.75) is 6.92 Å². The van der Waals surface area contributed by atoms with Crippen LogP contribution in [0.3, 0.4) is 0 Å². The molecule has 29 heavy (non-hydrogen) atoms. The van der Waals surface area contributed by atoms with Gasteiger partial charge in [0.2, 0.25) is 11.8 Å². The smallest absolute Gasteiger partial charge is 0.254 e. The number of rotatable bonds is 9. The summed E-state index contributed by atoms with van der Waals surface area (Å²) in [6, 6.07) is 13.8. The second kappa shape index (κ2) is 11.2. The highest BCUT2D eigenvalue weighted by Gasteiger charge is 2.19. The maximum absolute atomic E-state index is 12.7. The van der Waals surface area contributed by atoms with E-state index in [0.29, 0.717) is 16.3 Å². The molecule has 0 heterocycles. The van der Waals surface area contributed by atoms with Crippen molar-refractivity contribution in [1.82, 2.24) is 10.2 Å². The molecular weight excluding hydrogens is 394 g/mol. The van der Waals surface area contributed by atoms with Crippen molar-refractivity contribution in [3.05, 3.63) is 64.7 Å². The van der Waals surface area contributed by atoms with Gasteiger partial charge in [-0.1, -0.05) is 35.4 Å². The molecule has 0 aromatic heterocycles. The molecule has 0 bridgehead atoms. The number of nitrogens with one attached hydrogen (secondary N) is 2. The minimum Gasteiger partial charge on any atom is -0.383 e. The number of carbonyl (C=O) groups excluding carboxylic acids is 3. The summed E-state index contributed by atoms with van der Waals surface area (Å²) < 4.78 is 5.02. The molecule has 8 heteroatoms. The van der Waals surface area contributed by atoms with Gasteiger partial charge in [-0.3, -0.25) is 14.4 Å². The molecule has 2 aromatic carbocycles. The Kier molecular flexibility index (Phi) is 8.64. The largest absolute Gasteiger partial charge is 0.383 e. The van der Waals surface area contributed by atoms with E-state index >= 15 is 0 Å². The number of amides is 3. The Morgan fingerprint density at radius 2 is 1.79 bits per heavy atom. The molecule has 0 unspecified atom stereocenters. The molecule has 0 atom stereocenters. The molecule has 0 aliphatic carbocycles. The van der Waals surface area contributed by atoms with Crippen molar-refractivity contribution in [2.24, 2.45) is 0 Å². The Bertz CT molecular complexity index is 855. The molecule has 7 nitrogen and oxygen atoms in total. The highest BCUT2D eigenvalue weighted by atomic mass is 35.5. The number of anilines is 1. The molecule has 2 N–H and O–H groups in total. The van der Waals surface area contributed by atoms with Crippen LogP contribution in [0.1, 0.15) is 15.9 Å². The molecule has 0 aliphatic heterocycles. The quantitative estimate of drug-likeness (QED) is 0.656. The van der Waals surface area contributed by atoms with E-state index < -0.39 is 5.91 Å². The van der Waals surface area contributed by atoms with E-state index in [1.807, 2.05) is 19.1 Å². The van der Waals surface area contributed by atoms with Crippen molar-refractivity contribution >= 4 is 35.0 Å². The number of hydrogen-bond donors (Lipinski definition) is 2. The summed E-state index contributed by atoms with van der Waals surface area (Å²) in [5, 5.41) is 5.66. The molecular formula is C21H24ClN3O4. The van der Waals surface area contributed by atoms with Crippen LogP contribution in [0.5, 0.6) is 0 Å². The summed E-state index contributed by atoms with van der Waals surface area (Å²) >= 11 is 5.94. The highest BCUT2D eigenvalue weighted by molar-refractivity contribution is 6.31. The SMILES string of the molecule is COCCN(CC(=O)NCC(=O)Nc1ccc(C)cc1)C(=O)c1cccc(Cl)c1. The van der Waals surface area contributed by atoms with Crippen LogP contribution in [0, 0.1) is 6.92 Å². The summed E-state index contributed by atoms with van der Waals surface area (Å²) in [6.45, 7) is 2.05. The first-order valence-corrected chi connectivity index (χ1v) is 9.44. The van der Waals surface area contributed by atoms with E-state index in [4.69, 9.17) is 16.3 Å². The first-order valence-electron chi connectivity index (χ1n) is 9.06. The maximum atomic E-state index is 12.7. The maximum Gasteiger partial charge on any atom is 0.254 e. The third kappa shape index (κ3) is 7.56. The number of carbonyl (C=O) groups is 3. The minimum absolute atomic E-state index is 0.198. The van der Waals surface area contributed by atoms with Gasteiger partial charge in [-0.25, -0.2) is 0 Å². The van der Waals surface area contributed by atoms with Crippen molar-refractivity contribution < 1.29 is 19.1 Å². The zero-order valence-corrected chi connectivity index (χ0v) is 17.2. The summed E-state index contributed by atoms with van der Waals surface area (Å²) in [6.07, 6.45) is 0. The highest BCUT2D eigenvalue weighted by Crippen LogP contribution is 2.13. The third-order valence-electron chi connectivity index (χ3n) is 4.04. The predicted molar refractivity (Wildman–Crippen MR) is 112 cm³/mol. The number of ether oxygens (including phenoxy) is 1. The predicted octanol–water partition coefficient (Wildman–Crippen LogP) is 2.49. The fourth-order valence-corrected chi connectivity index (χ4v) is 2.70. The number of nitrogens with zero attached hydrogens (tertiary/aromatic N) is 1. The Morgan fingerprint density at radius 3 is 2.45 bits per heavy atom. The molecule has 2 aromatic rings. The standard InChI is InChI=1S/C21H24ClN3O4/c1-15-6-8-18(9-7-15)24-19(26)13-23-20(27)14-25(10-11-29-2)21(28)16-4-3-5-17(22)12-16/h3-9,12H,10-11,13-14H2,1-2H3,(H,23,27)(H,24,26). The lowest BCUT2D eigenvalue weighted by molar-refractivity contribution is -0.124. The molecule has 3 amide bonds. The van der Waals surface area contributed by atoms with Gasteiger partial charge in [0.25, 0.3) is 5.91 Å². The first-order chi connectivity index (χ1) is 13.9. The van der Waals surface area contributed by atoms with Gasteiger partial charge < -0.3 is 20.3 Å². The van der Waals surface area contributed by atoms with E-state index in [2.05, 4.69) is 10.6 Å². The average molecular weight is 418 g/mol. The molecule has 0 aliphatic rings. The molecule has 154 valence electrons. The van der Waals surface area contributed by atoms with Gasteiger partial charge in [-0.15, -0.1) is 0 Å². The lowest BCUT2D eigenvalue weighted by Crippen LogP contribution is -2.44. The van der Waals surface area contributed by atoms with Crippen LogP contribution in [0.25, 0.3) is 0 Å². The van der Waals surface area contributed by atoms with Crippen LogP contribution in [-0.2, 0) is 14.3 Å². The summed E-state index contributed by atoms with van der Waals surface area (Å²) in [5.74, 6) is -1.15. The lowest BCUT2D eigenvalue weighted by Gasteiger charge is -2.22. The van der Waals surface area contributed by atoms with Crippen LogP contribution in [0.4, 0.5) is 5.69 Å². The summed E-state index contributed by atoms with van der Waals surface area (Å²) in [4.78, 5) is 38.3. The van der Waals surface area contributed by atoms with E-state index in [1.165, 1.54) is 18.1 Å². The Balaban J connectivity index is 1.90. The van der Waals surface area contributed by atoms with Crippen LogP contribution in [0.2, 0.25) is 5.02 Å². The zero-order valence-electron chi connectivity index (χ0n) is 16.4. The normalized spacial score (nSPS) is 10.3. The molecule has 2 rings (SSSR count). The van der Waals surface area contributed by atoms with Crippen LogP contribution < -0.4 is 10.6 Å². The Labute approximate surface area is 175 Å². The van der Waals surface area contributed by atoms with Gasteiger partial charge in [0.1, 0.15) is 0 Å². The fourth-order valence-electron chi connectivity index (χ4n) is 2.51. The molecule has 0 saturated heterocycles. The van der Waals surface area contributed by atoms with Gasteiger partial charge >= 0.3 is 0 Å². The second-order valence-corrected chi connectivity index (χ2v) is 6.86. The summed E-state index contributed by atoms with van der Waals surface area (Å²) in [5.41, 5.74) is 2.10. The van der Waals surface area contributed by atoms with Gasteiger partial charge in [-0.2, -0.15) is 0 Å². The van der Waals surface area contributed by atoms with Crippen LogP contribution in [-0.4, -0.2) is 56.0 Å².